The fourth-order valence-corrected chi connectivity index (χ4v) is 3.15. The molecule has 1 aromatic carbocycles. The summed E-state index contributed by atoms with van der Waals surface area (Å²) in [6.07, 6.45) is -0.376. The Hall–Kier alpha value is -2.84. The van der Waals surface area contributed by atoms with E-state index in [1.165, 1.54) is 17.6 Å². The van der Waals surface area contributed by atoms with E-state index in [9.17, 15) is 13.2 Å². The maximum atomic E-state index is 14.9. The summed E-state index contributed by atoms with van der Waals surface area (Å²) in [4.78, 5) is 8.85. The number of nitrogens with zero attached hydrogens (tertiary/aromatic N) is 4. The molecule has 0 unspecified atom stereocenters. The third-order valence-corrected chi connectivity index (χ3v) is 4.43. The van der Waals surface area contributed by atoms with Gasteiger partial charge in [-0.25, -0.2) is 22.7 Å². The molecule has 0 amide bonds. The van der Waals surface area contributed by atoms with Crippen LogP contribution >= 0.6 is 0 Å². The predicted octanol–water partition coefficient (Wildman–Crippen LogP) is 7.14. The highest BCUT2D eigenvalue weighted by Crippen LogP contribution is 2.36. The number of aryl methyl sites for hydroxylation is 1. The van der Waals surface area contributed by atoms with E-state index in [-0.39, 0.29) is 18.2 Å². The van der Waals surface area contributed by atoms with Gasteiger partial charge < -0.3 is 5.73 Å². The molecule has 0 aliphatic carbocycles. The van der Waals surface area contributed by atoms with Crippen molar-refractivity contribution in [2.24, 2.45) is 4.99 Å². The van der Waals surface area contributed by atoms with Crippen LogP contribution in [-0.2, 0) is 6.42 Å². The van der Waals surface area contributed by atoms with Gasteiger partial charge in [-0.05, 0) is 50.5 Å². The zero-order valence-electron chi connectivity index (χ0n) is 21.4. The third-order valence-electron chi connectivity index (χ3n) is 4.43. The first-order valence-corrected chi connectivity index (χ1v) is 11.4. The van der Waals surface area contributed by atoms with E-state index in [0.29, 0.717) is 23.2 Å². The van der Waals surface area contributed by atoms with Gasteiger partial charge in [0.1, 0.15) is 0 Å². The summed E-state index contributed by atoms with van der Waals surface area (Å²) in [7, 11) is 6.18. The summed E-state index contributed by atoms with van der Waals surface area (Å²) < 4.78 is 37.9. The number of aromatic nitrogens is 3. The average Bonchev–Trinajstić information content (AvgIpc) is 3.05. The van der Waals surface area contributed by atoms with Crippen molar-refractivity contribution in [1.29, 1.82) is 0 Å². The van der Waals surface area contributed by atoms with Crippen LogP contribution in [0.2, 0.25) is 5.31 Å². The molecule has 0 fully saturated rings. The second-order valence-corrected chi connectivity index (χ2v) is 8.59. The van der Waals surface area contributed by atoms with Crippen molar-refractivity contribution in [3.05, 3.63) is 41.5 Å². The second-order valence-electron chi connectivity index (χ2n) is 8.59. The number of anilines is 1. The van der Waals surface area contributed by atoms with E-state index in [0.717, 1.165) is 22.5 Å². The van der Waals surface area contributed by atoms with Crippen molar-refractivity contribution in [3.8, 4) is 11.1 Å². The lowest BCUT2D eigenvalue weighted by Gasteiger charge is -2.19. The molecule has 184 valence electrons. The van der Waals surface area contributed by atoms with Crippen LogP contribution in [0.3, 0.4) is 0 Å². The molecule has 0 bridgehead atoms. The summed E-state index contributed by atoms with van der Waals surface area (Å²) in [5.74, 6) is -0.295. The lowest BCUT2D eigenvalue weighted by Crippen LogP contribution is -2.12. The minimum atomic E-state index is -2.12. The molecule has 3 rings (SSSR count). The number of hydrogen-bond acceptors (Lipinski definition) is 4. The van der Waals surface area contributed by atoms with Crippen LogP contribution in [-0.4, -0.2) is 34.6 Å². The number of rotatable bonds is 5. The zero-order valence-corrected chi connectivity index (χ0v) is 21.4. The molecule has 3 aromatic rings. The topological polar surface area (TPSA) is 68.6 Å². The number of benzene rings is 1. The Morgan fingerprint density at radius 2 is 1.82 bits per heavy atom. The van der Waals surface area contributed by atoms with Gasteiger partial charge in [0.05, 0.1) is 30.9 Å². The number of alkyl halides is 2. The van der Waals surface area contributed by atoms with E-state index >= 15 is 0 Å². The number of aliphatic imine (C=N–C) groups is 1. The molecule has 0 saturated carbocycles. The van der Waals surface area contributed by atoms with E-state index in [1.54, 1.807) is 0 Å². The summed E-state index contributed by atoms with van der Waals surface area (Å²) in [6, 6.07) is 5.68. The number of hydrogen-bond donors (Lipinski definition) is 1. The molecule has 2 N–H and O–H groups in total. The van der Waals surface area contributed by atoms with Crippen molar-refractivity contribution in [1.82, 2.24) is 14.6 Å². The highest BCUT2D eigenvalue weighted by molar-refractivity contribution is 6.14. The number of halogens is 3. The quantitative estimate of drug-likeness (QED) is 0.316. The molecule has 0 saturated heterocycles. The standard InChI is InChI=1S/C20H23BFN5.C3H6F2.C2H6/c1-11(2)24-15-7-6-13(8-12(15)3)17-14(22)10-27-18(17)16(9-20(4,5)21)25-19(23)26-27;1-2-3(4)5;1-2/h6-8,10H,9H2,1-5H3,(H2,23,26);3H,2H2,1H3;1-2H3. The van der Waals surface area contributed by atoms with Crippen molar-refractivity contribution < 1.29 is 13.2 Å². The largest absolute Gasteiger partial charge is 0.367 e. The summed E-state index contributed by atoms with van der Waals surface area (Å²) in [6.45, 7) is 15.1. The van der Waals surface area contributed by atoms with Gasteiger partial charge in [-0.15, -0.1) is 5.10 Å². The van der Waals surface area contributed by atoms with Crippen LogP contribution < -0.4 is 5.73 Å². The van der Waals surface area contributed by atoms with Gasteiger partial charge in [0.2, 0.25) is 12.4 Å². The average molecular weight is 473 g/mol. The molecule has 2 radical (unpaired) electrons. The predicted molar refractivity (Wildman–Crippen MR) is 137 cm³/mol. The lowest BCUT2D eigenvalue weighted by molar-refractivity contribution is 0.144. The van der Waals surface area contributed by atoms with Gasteiger partial charge in [-0.1, -0.05) is 46.0 Å². The van der Waals surface area contributed by atoms with Crippen LogP contribution in [0.4, 0.5) is 24.8 Å². The molecule has 0 aliphatic rings. The smallest absolute Gasteiger partial charge is 0.238 e. The Morgan fingerprint density at radius 3 is 2.29 bits per heavy atom. The first-order chi connectivity index (χ1) is 15.8. The Kier molecular flexibility index (Phi) is 10.8. The summed E-state index contributed by atoms with van der Waals surface area (Å²) in [5.41, 5.74) is 11.0. The molecule has 0 spiro atoms. The molecule has 5 nitrogen and oxygen atoms in total. The van der Waals surface area contributed by atoms with E-state index in [4.69, 9.17) is 13.6 Å². The molecule has 9 heteroatoms. The Bertz CT molecular complexity index is 1110. The maximum Gasteiger partial charge on any atom is 0.238 e. The number of fused-ring (bicyclic) bond motifs is 1. The molecular weight excluding hydrogens is 438 g/mol. The summed E-state index contributed by atoms with van der Waals surface area (Å²) in [5, 5.41) is 3.61. The van der Waals surface area contributed by atoms with Gasteiger partial charge in [0, 0.05) is 17.7 Å². The molecule has 0 atom stereocenters. The first kappa shape index (κ1) is 29.2. The van der Waals surface area contributed by atoms with Crippen LogP contribution in [0.5, 0.6) is 0 Å². The van der Waals surface area contributed by atoms with Crippen molar-refractivity contribution in [2.45, 2.75) is 80.0 Å². The molecule has 0 aliphatic heterocycles. The first-order valence-electron chi connectivity index (χ1n) is 11.4. The van der Waals surface area contributed by atoms with Gasteiger partial charge >= 0.3 is 0 Å². The van der Waals surface area contributed by atoms with Gasteiger partial charge in [0.15, 0.2) is 5.82 Å². The van der Waals surface area contributed by atoms with Crippen LogP contribution in [0.15, 0.2) is 29.4 Å². The van der Waals surface area contributed by atoms with E-state index in [1.807, 2.05) is 66.7 Å². The van der Waals surface area contributed by atoms with Crippen LogP contribution in [0.25, 0.3) is 16.6 Å². The highest BCUT2D eigenvalue weighted by atomic mass is 19.3. The molecule has 2 aromatic heterocycles. The third kappa shape index (κ3) is 8.19. The Balaban J connectivity index is 0.000000733. The van der Waals surface area contributed by atoms with Crippen LogP contribution in [0, 0.1) is 12.7 Å². The Morgan fingerprint density at radius 1 is 1.24 bits per heavy atom. The van der Waals surface area contributed by atoms with Gasteiger partial charge in [-0.3, -0.25) is 4.99 Å². The van der Waals surface area contributed by atoms with Gasteiger partial charge in [0.25, 0.3) is 0 Å². The van der Waals surface area contributed by atoms with Crippen molar-refractivity contribution in [2.75, 3.05) is 5.73 Å². The van der Waals surface area contributed by atoms with E-state index < -0.39 is 11.7 Å². The number of nitrogen functional groups attached to an aromatic ring is 1. The number of nitrogens with two attached hydrogens (primary N) is 1. The zero-order chi connectivity index (χ0) is 26.2. The molecule has 34 heavy (non-hydrogen) atoms. The lowest BCUT2D eigenvalue weighted by atomic mass is 9.69. The summed E-state index contributed by atoms with van der Waals surface area (Å²) >= 11 is 0. The SMILES string of the molecule is CC.CCC(F)F.[B]C(C)(C)Cc1nc(N)nn2cc(F)c(-c3ccc(N=C(C)C)c(C)c3)c12. The minimum absolute atomic E-state index is 0.0278. The second kappa shape index (κ2) is 12.6. The fraction of sp³-hybridized carbons (Fsp3) is 0.480. The van der Waals surface area contributed by atoms with Crippen molar-refractivity contribution >= 4 is 30.7 Å². The highest BCUT2D eigenvalue weighted by Gasteiger charge is 2.22. The minimum Gasteiger partial charge on any atom is -0.367 e. The normalized spacial score (nSPS) is 10.9. The maximum absolute atomic E-state index is 14.9. The molecule has 2 heterocycles. The van der Waals surface area contributed by atoms with Gasteiger partial charge in [-0.2, -0.15) is 0 Å². The van der Waals surface area contributed by atoms with E-state index in [2.05, 4.69) is 15.1 Å². The fourth-order valence-electron chi connectivity index (χ4n) is 3.15. The Labute approximate surface area is 202 Å². The van der Waals surface area contributed by atoms with Crippen LogP contribution in [0.1, 0.15) is 66.1 Å². The molecular formula is C25H35BF3N5. The van der Waals surface area contributed by atoms with Crippen molar-refractivity contribution in [3.63, 3.8) is 0 Å². The monoisotopic (exact) mass is 473 g/mol.